The Balaban J connectivity index is 2.24. The van der Waals surface area contributed by atoms with Crippen molar-refractivity contribution in [3.05, 3.63) is 46.2 Å². The third-order valence-corrected chi connectivity index (χ3v) is 3.54. The lowest BCUT2D eigenvalue weighted by molar-refractivity contribution is 0.173. The van der Waals surface area contributed by atoms with Gasteiger partial charge in [-0.05, 0) is 40.6 Å². The maximum Gasteiger partial charge on any atom is 0.124 e. The maximum absolute atomic E-state index is 10.3. The fraction of sp³-hybridized carbons (Fsp3) is 0.286. The van der Waals surface area contributed by atoms with Crippen molar-refractivity contribution in [2.24, 2.45) is 0 Å². The van der Waals surface area contributed by atoms with E-state index in [1.54, 1.807) is 25.6 Å². The highest BCUT2D eigenvalue weighted by atomic mass is 32.1. The first kappa shape index (κ1) is 12.9. The van der Waals surface area contributed by atoms with Crippen molar-refractivity contribution in [1.29, 1.82) is 0 Å². The van der Waals surface area contributed by atoms with E-state index in [9.17, 15) is 5.11 Å². The molecular formula is C14H16O3S. The van der Waals surface area contributed by atoms with E-state index in [0.717, 1.165) is 16.9 Å². The number of aliphatic hydroxyl groups excluding tert-OH is 1. The molecule has 0 amide bonds. The second-order valence-corrected chi connectivity index (χ2v) is 4.74. The first-order valence-electron chi connectivity index (χ1n) is 5.65. The van der Waals surface area contributed by atoms with Crippen LogP contribution >= 0.6 is 11.3 Å². The Morgan fingerprint density at radius 3 is 2.67 bits per heavy atom. The molecule has 0 fully saturated rings. The van der Waals surface area contributed by atoms with Crippen molar-refractivity contribution in [3.63, 3.8) is 0 Å². The average molecular weight is 264 g/mol. The van der Waals surface area contributed by atoms with Crippen molar-refractivity contribution in [3.8, 4) is 11.5 Å². The molecule has 0 radical (unpaired) electrons. The Hall–Kier alpha value is -1.52. The molecule has 0 aliphatic carbocycles. The van der Waals surface area contributed by atoms with Gasteiger partial charge in [0, 0.05) is 12.0 Å². The second-order valence-electron chi connectivity index (χ2n) is 3.96. The van der Waals surface area contributed by atoms with Crippen LogP contribution in [0.25, 0.3) is 0 Å². The first-order chi connectivity index (χ1) is 8.74. The molecule has 0 saturated carbocycles. The molecule has 3 nitrogen and oxygen atoms in total. The molecule has 0 saturated heterocycles. The molecule has 0 spiro atoms. The van der Waals surface area contributed by atoms with Gasteiger partial charge in [-0.15, -0.1) is 0 Å². The number of rotatable bonds is 5. The van der Waals surface area contributed by atoms with Gasteiger partial charge in [0.1, 0.15) is 11.5 Å². The van der Waals surface area contributed by atoms with Crippen LogP contribution in [0.5, 0.6) is 11.5 Å². The Bertz CT molecular complexity index is 494. The summed E-state index contributed by atoms with van der Waals surface area (Å²) in [5, 5.41) is 14.3. The Labute approximate surface area is 111 Å². The molecule has 1 N–H and O–H groups in total. The fourth-order valence-electron chi connectivity index (χ4n) is 1.84. The number of aliphatic hydroxyl groups is 1. The van der Waals surface area contributed by atoms with Gasteiger partial charge in [-0.2, -0.15) is 11.3 Å². The number of methoxy groups -OCH3 is 2. The summed E-state index contributed by atoms with van der Waals surface area (Å²) in [5.74, 6) is 1.40. The van der Waals surface area contributed by atoms with Crippen LogP contribution in [-0.4, -0.2) is 19.3 Å². The molecule has 96 valence electrons. The zero-order chi connectivity index (χ0) is 13.0. The van der Waals surface area contributed by atoms with E-state index in [2.05, 4.69) is 0 Å². The van der Waals surface area contributed by atoms with Gasteiger partial charge < -0.3 is 14.6 Å². The van der Waals surface area contributed by atoms with Crippen LogP contribution in [-0.2, 0) is 6.42 Å². The predicted octanol–water partition coefficient (Wildman–Crippen LogP) is 3.04. The quantitative estimate of drug-likeness (QED) is 0.902. The largest absolute Gasteiger partial charge is 0.497 e. The van der Waals surface area contributed by atoms with E-state index >= 15 is 0 Å². The van der Waals surface area contributed by atoms with Gasteiger partial charge in [-0.25, -0.2) is 0 Å². The van der Waals surface area contributed by atoms with Crippen molar-refractivity contribution in [2.75, 3.05) is 14.2 Å². The maximum atomic E-state index is 10.3. The van der Waals surface area contributed by atoms with Crippen LogP contribution < -0.4 is 9.47 Å². The van der Waals surface area contributed by atoms with Crippen LogP contribution in [0.3, 0.4) is 0 Å². The molecule has 1 atom stereocenters. The molecule has 2 rings (SSSR count). The normalized spacial score (nSPS) is 12.2. The van der Waals surface area contributed by atoms with E-state index in [1.807, 2.05) is 35.0 Å². The predicted molar refractivity (Wildman–Crippen MR) is 72.5 cm³/mol. The number of hydrogen-bond donors (Lipinski definition) is 1. The molecule has 4 heteroatoms. The minimum atomic E-state index is -0.593. The summed E-state index contributed by atoms with van der Waals surface area (Å²) in [6.07, 6.45) is -0.0165. The fourth-order valence-corrected chi connectivity index (χ4v) is 2.52. The van der Waals surface area contributed by atoms with Crippen LogP contribution in [0, 0.1) is 0 Å². The van der Waals surface area contributed by atoms with Gasteiger partial charge in [0.05, 0.1) is 20.3 Å². The summed E-state index contributed by atoms with van der Waals surface area (Å²) in [5.41, 5.74) is 1.88. The molecule has 0 aliphatic heterocycles. The minimum absolute atomic E-state index is 0.576. The zero-order valence-electron chi connectivity index (χ0n) is 10.4. The Morgan fingerprint density at radius 2 is 2.06 bits per heavy atom. The number of hydrogen-bond acceptors (Lipinski definition) is 4. The minimum Gasteiger partial charge on any atom is -0.497 e. The summed E-state index contributed by atoms with van der Waals surface area (Å²) in [6.45, 7) is 0. The number of thiophene rings is 1. The van der Waals surface area contributed by atoms with E-state index in [0.29, 0.717) is 12.2 Å². The number of benzene rings is 1. The van der Waals surface area contributed by atoms with Crippen LogP contribution in [0.2, 0.25) is 0 Å². The van der Waals surface area contributed by atoms with E-state index < -0.39 is 6.10 Å². The van der Waals surface area contributed by atoms with Crippen molar-refractivity contribution < 1.29 is 14.6 Å². The summed E-state index contributed by atoms with van der Waals surface area (Å²) in [7, 11) is 3.21. The summed E-state index contributed by atoms with van der Waals surface area (Å²) in [4.78, 5) is 0. The number of ether oxygens (including phenoxy) is 2. The van der Waals surface area contributed by atoms with Gasteiger partial charge in [-0.1, -0.05) is 0 Å². The Morgan fingerprint density at radius 1 is 1.22 bits per heavy atom. The molecule has 1 aromatic heterocycles. The highest BCUT2D eigenvalue weighted by Crippen LogP contribution is 2.31. The van der Waals surface area contributed by atoms with E-state index in [1.165, 1.54) is 0 Å². The zero-order valence-corrected chi connectivity index (χ0v) is 11.2. The van der Waals surface area contributed by atoms with Gasteiger partial charge in [-0.3, -0.25) is 0 Å². The topological polar surface area (TPSA) is 38.7 Å². The smallest absolute Gasteiger partial charge is 0.124 e. The molecule has 1 unspecified atom stereocenters. The highest BCUT2D eigenvalue weighted by Gasteiger charge is 2.15. The average Bonchev–Trinajstić information content (AvgIpc) is 2.90. The van der Waals surface area contributed by atoms with Gasteiger partial charge in [0.2, 0.25) is 0 Å². The molecule has 1 heterocycles. The lowest BCUT2D eigenvalue weighted by Gasteiger charge is -2.15. The first-order valence-corrected chi connectivity index (χ1v) is 6.60. The molecule has 0 bridgehead atoms. The van der Waals surface area contributed by atoms with Crippen LogP contribution in [0.15, 0.2) is 35.0 Å². The molecule has 2 aromatic rings. The molecule has 0 aliphatic rings. The summed E-state index contributed by atoms with van der Waals surface area (Å²) in [6, 6.07) is 7.46. The lowest BCUT2D eigenvalue weighted by Crippen LogP contribution is -2.04. The van der Waals surface area contributed by atoms with Gasteiger partial charge in [0.25, 0.3) is 0 Å². The lowest BCUT2D eigenvalue weighted by atomic mass is 10.0. The van der Waals surface area contributed by atoms with Crippen molar-refractivity contribution in [2.45, 2.75) is 12.5 Å². The molecular weight excluding hydrogens is 248 g/mol. The highest BCUT2D eigenvalue weighted by molar-refractivity contribution is 7.07. The van der Waals surface area contributed by atoms with Crippen molar-refractivity contribution >= 4 is 11.3 Å². The third kappa shape index (κ3) is 2.83. The van der Waals surface area contributed by atoms with E-state index in [-0.39, 0.29) is 0 Å². The summed E-state index contributed by atoms with van der Waals surface area (Å²) >= 11 is 1.63. The Kier molecular flexibility index (Phi) is 4.23. The third-order valence-electron chi connectivity index (χ3n) is 2.81. The monoisotopic (exact) mass is 264 g/mol. The van der Waals surface area contributed by atoms with Gasteiger partial charge in [0.15, 0.2) is 0 Å². The second kappa shape index (κ2) is 5.89. The van der Waals surface area contributed by atoms with Crippen LogP contribution in [0.1, 0.15) is 17.2 Å². The van der Waals surface area contributed by atoms with Crippen molar-refractivity contribution in [1.82, 2.24) is 0 Å². The van der Waals surface area contributed by atoms with Gasteiger partial charge >= 0.3 is 0 Å². The van der Waals surface area contributed by atoms with Crippen LogP contribution in [0.4, 0.5) is 0 Å². The summed E-state index contributed by atoms with van der Waals surface area (Å²) < 4.78 is 10.4. The standard InChI is InChI=1S/C14H16O3S/c1-16-11-3-4-14(17-2)12(8-11)13(15)7-10-5-6-18-9-10/h3-6,8-9,13,15H,7H2,1-2H3. The molecule has 18 heavy (non-hydrogen) atoms. The SMILES string of the molecule is COc1ccc(OC)c(C(O)Cc2ccsc2)c1. The molecule has 1 aromatic carbocycles. The van der Waals surface area contributed by atoms with E-state index in [4.69, 9.17) is 9.47 Å².